The van der Waals surface area contributed by atoms with Crippen LogP contribution in [0.25, 0.3) is 0 Å². The van der Waals surface area contributed by atoms with Crippen LogP contribution in [0.3, 0.4) is 0 Å². The van der Waals surface area contributed by atoms with E-state index >= 15 is 0 Å². The lowest BCUT2D eigenvalue weighted by Crippen LogP contribution is -2.09. The minimum atomic E-state index is -4.67. The number of anilines is 1. The first-order valence-electron chi connectivity index (χ1n) is 4.45. The largest absolute Gasteiger partial charge is 0.417 e. The van der Waals surface area contributed by atoms with Gasteiger partial charge in [-0.2, -0.15) is 13.2 Å². The van der Waals surface area contributed by atoms with E-state index < -0.39 is 28.8 Å². The molecule has 1 rings (SSSR count). The summed E-state index contributed by atoms with van der Waals surface area (Å²) in [7, 11) is 0. The van der Waals surface area contributed by atoms with Crippen molar-refractivity contribution < 1.29 is 22.4 Å². The molecule has 0 saturated heterocycles. The lowest BCUT2D eigenvalue weighted by atomic mass is 10.1. The van der Waals surface area contributed by atoms with Gasteiger partial charge in [0, 0.05) is 5.56 Å². The third-order valence-electron chi connectivity index (χ3n) is 1.85. The Morgan fingerprint density at radius 1 is 1.35 bits per heavy atom. The first-order valence-corrected chi connectivity index (χ1v) is 4.45. The highest BCUT2D eigenvalue weighted by molar-refractivity contribution is 5.57. The number of alkyl halides is 3. The summed E-state index contributed by atoms with van der Waals surface area (Å²) < 4.78 is 50.7. The van der Waals surface area contributed by atoms with Gasteiger partial charge in [-0.05, 0) is 12.1 Å². The summed E-state index contributed by atoms with van der Waals surface area (Å²) in [6, 6.07) is 1.09. The average Bonchev–Trinajstić information content (AvgIpc) is 2.21. The average molecular weight is 245 g/mol. The van der Waals surface area contributed by atoms with Crippen LogP contribution in [-0.2, 0) is 11.0 Å². The molecule has 0 aliphatic heterocycles. The van der Waals surface area contributed by atoms with Crippen LogP contribution in [0, 0.1) is 17.7 Å². The van der Waals surface area contributed by atoms with E-state index in [1.54, 1.807) is 0 Å². The minimum Gasteiger partial charge on any atom is -0.396 e. The second kappa shape index (κ2) is 4.87. The molecule has 0 spiro atoms. The van der Waals surface area contributed by atoms with E-state index in [4.69, 9.17) is 5.73 Å². The van der Waals surface area contributed by atoms with Crippen molar-refractivity contribution in [1.82, 2.24) is 0 Å². The van der Waals surface area contributed by atoms with Crippen molar-refractivity contribution in [3.05, 3.63) is 29.1 Å². The summed E-state index contributed by atoms with van der Waals surface area (Å²) >= 11 is 0. The quantitative estimate of drug-likeness (QED) is 0.357. The zero-order valence-electron chi connectivity index (χ0n) is 8.44. The molecule has 90 valence electrons. The Morgan fingerprint density at radius 3 is 2.53 bits per heavy atom. The third-order valence-corrected chi connectivity index (χ3v) is 1.85. The fourth-order valence-electron chi connectivity index (χ4n) is 1.12. The van der Waals surface area contributed by atoms with Crippen molar-refractivity contribution in [3.63, 3.8) is 0 Å². The van der Waals surface area contributed by atoms with Crippen LogP contribution >= 0.6 is 0 Å². The number of carbonyl (C=O) groups is 1. The molecule has 0 heterocycles. The van der Waals surface area contributed by atoms with Gasteiger partial charge in [-0.1, -0.05) is 11.8 Å². The van der Waals surface area contributed by atoms with Crippen LogP contribution < -0.4 is 5.73 Å². The molecule has 2 nitrogen and oxygen atoms in total. The highest BCUT2D eigenvalue weighted by atomic mass is 19.4. The maximum atomic E-state index is 13.0. The second-order valence-electron chi connectivity index (χ2n) is 3.09. The second-order valence-corrected chi connectivity index (χ2v) is 3.09. The highest BCUT2D eigenvalue weighted by Crippen LogP contribution is 2.33. The van der Waals surface area contributed by atoms with Gasteiger partial charge in [0.1, 0.15) is 12.1 Å². The Hall–Kier alpha value is -2.03. The number of hydrogen-bond acceptors (Lipinski definition) is 2. The molecule has 0 fully saturated rings. The van der Waals surface area contributed by atoms with Gasteiger partial charge in [0.15, 0.2) is 0 Å². The van der Waals surface area contributed by atoms with Gasteiger partial charge >= 0.3 is 6.18 Å². The molecule has 0 unspecified atom stereocenters. The van der Waals surface area contributed by atoms with Crippen molar-refractivity contribution in [2.75, 3.05) is 5.73 Å². The number of nitrogens with two attached hydrogens (primary N) is 1. The zero-order valence-corrected chi connectivity index (χ0v) is 8.44. The molecule has 1 aromatic rings. The van der Waals surface area contributed by atoms with Gasteiger partial charge in [0.05, 0.1) is 17.7 Å². The number of nitrogen functional groups attached to an aromatic ring is 1. The number of hydrogen-bond donors (Lipinski definition) is 1. The maximum absolute atomic E-state index is 13.0. The summed E-state index contributed by atoms with van der Waals surface area (Å²) in [5.74, 6) is 3.30. The Labute approximate surface area is 94.4 Å². The Kier molecular flexibility index (Phi) is 3.73. The number of halogens is 4. The molecule has 0 bridgehead atoms. The van der Waals surface area contributed by atoms with Gasteiger partial charge < -0.3 is 10.5 Å². The van der Waals surface area contributed by atoms with Gasteiger partial charge in [0.25, 0.3) is 0 Å². The molecular formula is C11H7F4NO. The van der Waals surface area contributed by atoms with Gasteiger partial charge in [-0.25, -0.2) is 4.39 Å². The fourth-order valence-corrected chi connectivity index (χ4v) is 1.12. The van der Waals surface area contributed by atoms with E-state index in [0.717, 1.165) is 0 Å². The first-order chi connectivity index (χ1) is 7.86. The summed E-state index contributed by atoms with van der Waals surface area (Å²) in [4.78, 5) is 9.98. The predicted octanol–water partition coefficient (Wildman–Crippen LogP) is 2.37. The van der Waals surface area contributed by atoms with Crippen LogP contribution in [0.15, 0.2) is 12.1 Å². The predicted molar refractivity (Wildman–Crippen MR) is 53.4 cm³/mol. The fraction of sp³-hybridized carbons (Fsp3) is 0.182. The van der Waals surface area contributed by atoms with Crippen LogP contribution in [0.2, 0.25) is 0 Å². The molecule has 0 aromatic heterocycles. The number of benzene rings is 1. The monoisotopic (exact) mass is 245 g/mol. The normalized spacial score (nSPS) is 10.6. The van der Waals surface area contributed by atoms with E-state index in [-0.39, 0.29) is 6.42 Å². The number of carbonyl (C=O) groups excluding carboxylic acids is 1. The lowest BCUT2D eigenvalue weighted by molar-refractivity contribution is -0.137. The summed E-state index contributed by atoms with van der Waals surface area (Å²) in [6.07, 6.45) is -4.45. The minimum absolute atomic E-state index is 0.219. The van der Waals surface area contributed by atoms with E-state index in [1.807, 2.05) is 0 Å². The van der Waals surface area contributed by atoms with Crippen molar-refractivity contribution in [3.8, 4) is 11.8 Å². The Morgan fingerprint density at radius 2 is 2.00 bits per heavy atom. The van der Waals surface area contributed by atoms with Crippen molar-refractivity contribution in [2.24, 2.45) is 0 Å². The molecule has 0 atom stereocenters. The number of aldehydes is 1. The standard InChI is InChI=1S/C11H7F4NO/c12-9-5-7(3-1-2-4-17)8(6-10(9)16)11(13,14)15/h4-6H,2,16H2. The summed E-state index contributed by atoms with van der Waals surface area (Å²) in [5.41, 5.74) is 2.81. The summed E-state index contributed by atoms with van der Waals surface area (Å²) in [6.45, 7) is 0. The molecule has 1 aromatic carbocycles. The lowest BCUT2D eigenvalue weighted by Gasteiger charge is -2.10. The van der Waals surface area contributed by atoms with E-state index in [9.17, 15) is 22.4 Å². The van der Waals surface area contributed by atoms with Crippen LogP contribution in [0.5, 0.6) is 0 Å². The van der Waals surface area contributed by atoms with E-state index in [0.29, 0.717) is 18.4 Å². The molecule has 0 aliphatic carbocycles. The van der Waals surface area contributed by atoms with Gasteiger partial charge in [-0.3, -0.25) is 0 Å². The Balaban J connectivity index is 3.33. The molecule has 0 radical (unpaired) electrons. The molecule has 6 heteroatoms. The summed E-state index contributed by atoms with van der Waals surface area (Å²) in [5, 5.41) is 0. The van der Waals surface area contributed by atoms with Crippen LogP contribution in [0.1, 0.15) is 17.5 Å². The van der Waals surface area contributed by atoms with E-state index in [1.165, 1.54) is 0 Å². The number of rotatable bonds is 1. The maximum Gasteiger partial charge on any atom is 0.417 e. The van der Waals surface area contributed by atoms with Gasteiger partial charge in [0.2, 0.25) is 0 Å². The first kappa shape index (κ1) is 13.0. The molecule has 0 saturated carbocycles. The molecule has 0 amide bonds. The van der Waals surface area contributed by atoms with Crippen molar-refractivity contribution >= 4 is 12.0 Å². The molecular weight excluding hydrogens is 238 g/mol. The SMILES string of the molecule is Nc1cc(C(F)(F)F)c(C#CCC=O)cc1F. The molecule has 2 N–H and O–H groups in total. The van der Waals surface area contributed by atoms with Crippen LogP contribution in [-0.4, -0.2) is 6.29 Å². The Bertz CT molecular complexity index is 497. The van der Waals surface area contributed by atoms with Crippen LogP contribution in [0.4, 0.5) is 23.2 Å². The van der Waals surface area contributed by atoms with Gasteiger partial charge in [-0.15, -0.1) is 0 Å². The topological polar surface area (TPSA) is 43.1 Å². The van der Waals surface area contributed by atoms with E-state index in [2.05, 4.69) is 11.8 Å². The zero-order chi connectivity index (χ0) is 13.1. The third kappa shape index (κ3) is 3.21. The molecule has 0 aliphatic rings. The smallest absolute Gasteiger partial charge is 0.396 e. The van der Waals surface area contributed by atoms with Crippen molar-refractivity contribution in [2.45, 2.75) is 12.6 Å². The molecule has 17 heavy (non-hydrogen) atoms. The highest BCUT2D eigenvalue weighted by Gasteiger charge is 2.34. The van der Waals surface area contributed by atoms with Crippen molar-refractivity contribution in [1.29, 1.82) is 0 Å².